The topological polar surface area (TPSA) is 51.0 Å². The van der Waals surface area contributed by atoms with Gasteiger partial charge in [0.1, 0.15) is 12.3 Å². The van der Waals surface area contributed by atoms with E-state index >= 15 is 0 Å². The van der Waals surface area contributed by atoms with Crippen molar-refractivity contribution in [3.8, 4) is 11.5 Å². The third-order valence-electron chi connectivity index (χ3n) is 5.40. The first-order valence-corrected chi connectivity index (χ1v) is 9.78. The number of ether oxygens (including phenoxy) is 1. The van der Waals surface area contributed by atoms with Crippen molar-refractivity contribution in [1.29, 1.82) is 0 Å². The van der Waals surface area contributed by atoms with Crippen LogP contribution in [0.15, 0.2) is 42.2 Å². The quantitative estimate of drug-likeness (QED) is 0.796. The SMILES string of the molecule is C[C@@H]1CCC[NH+](Cc2c(O)ccc3c2O/C(=C\c2ccccc2Cl)C3=O)C1. The van der Waals surface area contributed by atoms with Gasteiger partial charge in [0.2, 0.25) is 5.78 Å². The van der Waals surface area contributed by atoms with Crippen LogP contribution >= 0.6 is 11.6 Å². The van der Waals surface area contributed by atoms with Gasteiger partial charge in [-0.05, 0) is 42.7 Å². The molecule has 27 heavy (non-hydrogen) atoms. The van der Waals surface area contributed by atoms with Crippen LogP contribution in [0.4, 0.5) is 0 Å². The molecule has 2 N–H and O–H groups in total. The Labute approximate surface area is 164 Å². The molecular weight excluding hydrogens is 362 g/mol. The lowest BCUT2D eigenvalue weighted by Crippen LogP contribution is -3.12. The number of halogens is 1. The summed E-state index contributed by atoms with van der Waals surface area (Å²) in [5.41, 5.74) is 1.95. The van der Waals surface area contributed by atoms with E-state index in [4.69, 9.17) is 16.3 Å². The Hall–Kier alpha value is -2.30. The molecule has 1 saturated heterocycles. The van der Waals surface area contributed by atoms with Crippen LogP contribution in [-0.2, 0) is 6.54 Å². The molecule has 0 saturated carbocycles. The number of carbonyl (C=O) groups excluding carboxylic acids is 1. The third kappa shape index (κ3) is 3.60. The van der Waals surface area contributed by atoms with Gasteiger partial charge in [0, 0.05) is 10.9 Å². The van der Waals surface area contributed by atoms with Gasteiger partial charge in [0.15, 0.2) is 11.5 Å². The van der Waals surface area contributed by atoms with Crippen LogP contribution in [0.5, 0.6) is 11.5 Å². The number of rotatable bonds is 3. The lowest BCUT2D eigenvalue weighted by molar-refractivity contribution is -0.922. The fourth-order valence-corrected chi connectivity index (χ4v) is 4.20. The minimum atomic E-state index is -0.173. The summed E-state index contributed by atoms with van der Waals surface area (Å²) in [7, 11) is 0. The molecule has 2 heterocycles. The fourth-order valence-electron chi connectivity index (χ4n) is 4.01. The third-order valence-corrected chi connectivity index (χ3v) is 5.74. The number of fused-ring (bicyclic) bond motifs is 1. The van der Waals surface area contributed by atoms with Gasteiger partial charge >= 0.3 is 0 Å². The number of carbonyl (C=O) groups is 1. The van der Waals surface area contributed by atoms with E-state index in [1.165, 1.54) is 17.7 Å². The van der Waals surface area contributed by atoms with Crippen molar-refractivity contribution in [1.82, 2.24) is 0 Å². The van der Waals surface area contributed by atoms with Crippen LogP contribution in [0.2, 0.25) is 5.02 Å². The average Bonchev–Trinajstić information content (AvgIpc) is 2.96. The number of hydrogen-bond donors (Lipinski definition) is 2. The standard InChI is InChI=1S/C22H22ClNO3/c1-14-5-4-10-24(12-14)13-17-19(25)9-8-16-21(26)20(27-22(16)17)11-15-6-2-3-7-18(15)23/h2-3,6-9,11,14,25H,4-5,10,12-13H2,1H3/p+1/b20-11-/t14-/m1/s1. The van der Waals surface area contributed by atoms with Crippen LogP contribution < -0.4 is 9.64 Å². The predicted molar refractivity (Wildman–Crippen MR) is 105 cm³/mol. The summed E-state index contributed by atoms with van der Waals surface area (Å²) in [6.07, 6.45) is 4.10. The number of ketones is 1. The molecule has 2 aromatic rings. The number of allylic oxidation sites excluding steroid dienone is 1. The number of nitrogens with one attached hydrogen (secondary N) is 1. The van der Waals surface area contributed by atoms with E-state index in [9.17, 15) is 9.90 Å². The normalized spacial score (nSPS) is 23.3. The highest BCUT2D eigenvalue weighted by molar-refractivity contribution is 6.32. The predicted octanol–water partition coefficient (Wildman–Crippen LogP) is 3.48. The first-order valence-electron chi connectivity index (χ1n) is 9.40. The average molecular weight is 385 g/mol. The van der Waals surface area contributed by atoms with Crippen molar-refractivity contribution in [3.05, 3.63) is 63.9 Å². The fraction of sp³-hybridized carbons (Fsp3) is 0.318. The second-order valence-corrected chi connectivity index (χ2v) is 7.94. The zero-order valence-corrected chi connectivity index (χ0v) is 16.1. The van der Waals surface area contributed by atoms with Crippen molar-refractivity contribution >= 4 is 23.5 Å². The van der Waals surface area contributed by atoms with Gasteiger partial charge in [-0.15, -0.1) is 0 Å². The molecule has 2 atom stereocenters. The maximum absolute atomic E-state index is 12.8. The van der Waals surface area contributed by atoms with Gasteiger partial charge in [-0.2, -0.15) is 0 Å². The highest BCUT2D eigenvalue weighted by Crippen LogP contribution is 2.39. The number of phenols is 1. The summed E-state index contributed by atoms with van der Waals surface area (Å²) < 4.78 is 5.94. The van der Waals surface area contributed by atoms with E-state index in [1.54, 1.807) is 24.3 Å². The van der Waals surface area contributed by atoms with Crippen molar-refractivity contribution < 1.29 is 19.5 Å². The Bertz CT molecular complexity index is 922. The van der Waals surface area contributed by atoms with E-state index in [1.807, 2.05) is 18.2 Å². The molecule has 2 aromatic carbocycles. The highest BCUT2D eigenvalue weighted by atomic mass is 35.5. The molecule has 5 heteroatoms. The van der Waals surface area contributed by atoms with E-state index < -0.39 is 0 Å². The maximum atomic E-state index is 12.8. The van der Waals surface area contributed by atoms with Gasteiger partial charge in [-0.1, -0.05) is 36.7 Å². The van der Waals surface area contributed by atoms with Crippen LogP contribution in [0.25, 0.3) is 6.08 Å². The molecule has 0 spiro atoms. The molecule has 4 nitrogen and oxygen atoms in total. The number of hydrogen-bond acceptors (Lipinski definition) is 3. The minimum absolute atomic E-state index is 0.173. The summed E-state index contributed by atoms with van der Waals surface area (Å²) in [6, 6.07) is 10.6. The number of phenolic OH excluding ortho intramolecular Hbond substituents is 1. The van der Waals surface area contributed by atoms with Crippen LogP contribution in [-0.4, -0.2) is 24.0 Å². The molecule has 2 aliphatic heterocycles. The summed E-state index contributed by atoms with van der Waals surface area (Å²) in [5, 5.41) is 11.0. The summed E-state index contributed by atoms with van der Waals surface area (Å²) in [6.45, 7) is 5.06. The molecule has 140 valence electrons. The van der Waals surface area contributed by atoms with Gasteiger partial charge in [-0.25, -0.2) is 0 Å². The Morgan fingerprint density at radius 3 is 2.89 bits per heavy atom. The Kier molecular flexibility index (Phi) is 4.94. The molecule has 2 aliphatic rings. The van der Waals surface area contributed by atoms with Crippen molar-refractivity contribution in [2.45, 2.75) is 26.3 Å². The van der Waals surface area contributed by atoms with E-state index in [0.29, 0.717) is 34.4 Å². The van der Waals surface area contributed by atoms with Gasteiger partial charge < -0.3 is 14.7 Å². The van der Waals surface area contributed by atoms with Crippen molar-refractivity contribution in [2.24, 2.45) is 5.92 Å². The monoisotopic (exact) mass is 384 g/mol. The molecule has 1 unspecified atom stereocenters. The molecule has 0 aliphatic carbocycles. The Balaban J connectivity index is 1.66. The van der Waals surface area contributed by atoms with E-state index in [-0.39, 0.29) is 17.3 Å². The van der Waals surface area contributed by atoms with E-state index in [2.05, 4.69) is 6.92 Å². The zero-order valence-electron chi connectivity index (χ0n) is 15.3. The van der Waals surface area contributed by atoms with Crippen LogP contribution in [0, 0.1) is 5.92 Å². The molecule has 0 bridgehead atoms. The lowest BCUT2D eigenvalue weighted by atomic mass is 9.99. The molecule has 0 amide bonds. The second kappa shape index (κ2) is 7.37. The van der Waals surface area contributed by atoms with E-state index in [0.717, 1.165) is 18.7 Å². The van der Waals surface area contributed by atoms with Crippen molar-refractivity contribution in [3.63, 3.8) is 0 Å². The minimum Gasteiger partial charge on any atom is -0.507 e. The molecule has 0 radical (unpaired) electrons. The number of likely N-dealkylation sites (tertiary alicyclic amines) is 1. The van der Waals surface area contributed by atoms with Gasteiger partial charge in [0.25, 0.3) is 0 Å². The van der Waals surface area contributed by atoms with Crippen LogP contribution in [0.3, 0.4) is 0 Å². The molecule has 0 aromatic heterocycles. The Morgan fingerprint density at radius 1 is 1.30 bits per heavy atom. The van der Waals surface area contributed by atoms with Crippen LogP contribution in [0.1, 0.15) is 41.3 Å². The zero-order chi connectivity index (χ0) is 19.0. The summed E-state index contributed by atoms with van der Waals surface area (Å²) >= 11 is 6.21. The summed E-state index contributed by atoms with van der Waals surface area (Å²) in [5.74, 6) is 1.42. The number of piperidine rings is 1. The first-order chi connectivity index (χ1) is 13.0. The summed E-state index contributed by atoms with van der Waals surface area (Å²) in [4.78, 5) is 14.2. The van der Waals surface area contributed by atoms with Gasteiger partial charge in [0.05, 0.1) is 24.2 Å². The number of quaternary nitrogens is 1. The first kappa shape index (κ1) is 18.1. The van der Waals surface area contributed by atoms with Crippen molar-refractivity contribution in [2.75, 3.05) is 13.1 Å². The smallest absolute Gasteiger partial charge is 0.231 e. The number of Topliss-reactive ketones (excluding diaryl/α,β-unsaturated/α-hetero) is 1. The number of benzene rings is 2. The molecule has 4 rings (SSSR count). The largest absolute Gasteiger partial charge is 0.507 e. The molecular formula is C22H23ClNO3+. The lowest BCUT2D eigenvalue weighted by Gasteiger charge is -2.28. The maximum Gasteiger partial charge on any atom is 0.231 e. The Morgan fingerprint density at radius 2 is 2.11 bits per heavy atom. The molecule has 1 fully saturated rings. The van der Waals surface area contributed by atoms with Gasteiger partial charge in [-0.3, -0.25) is 4.79 Å². The second-order valence-electron chi connectivity index (χ2n) is 7.53. The number of aromatic hydroxyl groups is 1. The highest BCUT2D eigenvalue weighted by Gasteiger charge is 2.33.